The van der Waals surface area contributed by atoms with Crippen molar-refractivity contribution in [3.05, 3.63) is 303 Å². The molecule has 0 unspecified atom stereocenters. The Labute approximate surface area is 504 Å². The zero-order chi connectivity index (χ0) is 56.4. The molecule has 4 aliphatic rings. The molecule has 0 bridgehead atoms. The van der Waals surface area contributed by atoms with Crippen LogP contribution in [0.4, 0.5) is 68.2 Å². The van der Waals surface area contributed by atoms with E-state index in [1.165, 1.54) is 75.2 Å². The molecular weight excluding hydrogens is 1060 g/mol. The SMILES string of the molecule is c1ccc(N(c2ccccc2)c2cc3c4c(c2)Sc2cc5c(cc2B4c2cc4ccccc4cc2O3)B2c3cc4ccccc4cc3N(c3ccc4ccccc4c3)c3cc(N(c4ccccc4)c4ccccc4)cc(c32)N5c2ccccc2)cc1. The Balaban J connectivity index is 0.939. The molecule has 86 heavy (non-hydrogen) atoms. The molecule has 0 aromatic heterocycles. The molecule has 14 aromatic rings. The fourth-order valence-corrected chi connectivity index (χ4v) is 15.5. The van der Waals surface area contributed by atoms with Crippen molar-refractivity contribution >= 4 is 159 Å². The van der Waals surface area contributed by atoms with Crippen LogP contribution in [0.5, 0.6) is 11.5 Å². The molecule has 8 heteroatoms. The Morgan fingerprint density at radius 3 is 1.29 bits per heavy atom. The molecule has 0 amide bonds. The summed E-state index contributed by atoms with van der Waals surface area (Å²) >= 11 is 1.87. The Bertz CT molecular complexity index is 4970. The molecule has 0 aliphatic carbocycles. The van der Waals surface area contributed by atoms with Crippen molar-refractivity contribution in [2.75, 3.05) is 19.6 Å². The molecule has 5 nitrogen and oxygen atoms in total. The van der Waals surface area contributed by atoms with E-state index in [4.69, 9.17) is 4.74 Å². The maximum atomic E-state index is 7.32. The second-order valence-electron chi connectivity index (χ2n) is 22.8. The number of para-hydroxylation sites is 5. The van der Waals surface area contributed by atoms with E-state index in [0.717, 1.165) is 79.4 Å². The van der Waals surface area contributed by atoms with Gasteiger partial charge >= 0.3 is 0 Å². The molecule has 0 atom stereocenters. The molecule has 0 saturated heterocycles. The van der Waals surface area contributed by atoms with Crippen LogP contribution in [0.1, 0.15) is 0 Å². The monoisotopic (exact) mass is 1110 g/mol. The highest BCUT2D eigenvalue weighted by Gasteiger charge is 2.47. The number of nitrogens with zero attached hydrogens (tertiary/aromatic N) is 4. The highest BCUT2D eigenvalue weighted by atomic mass is 32.2. The highest BCUT2D eigenvalue weighted by molar-refractivity contribution is 8.00. The normalized spacial score (nSPS) is 13.1. The van der Waals surface area contributed by atoms with Crippen molar-refractivity contribution < 1.29 is 4.74 Å². The number of anilines is 12. The predicted molar refractivity (Wildman–Crippen MR) is 364 cm³/mol. The quantitative estimate of drug-likeness (QED) is 0.140. The second kappa shape index (κ2) is 19.5. The van der Waals surface area contributed by atoms with Crippen molar-refractivity contribution in [1.82, 2.24) is 0 Å². The number of hydrogen-bond donors (Lipinski definition) is 0. The number of benzene rings is 14. The van der Waals surface area contributed by atoms with E-state index in [0.29, 0.717) is 0 Å². The lowest BCUT2D eigenvalue weighted by Gasteiger charge is -2.46. The lowest BCUT2D eigenvalue weighted by atomic mass is 9.31. The number of hydrogen-bond acceptors (Lipinski definition) is 6. The number of rotatable bonds is 8. The first-order chi connectivity index (χ1) is 42.6. The summed E-state index contributed by atoms with van der Waals surface area (Å²) < 4.78 is 7.32. The summed E-state index contributed by atoms with van der Waals surface area (Å²) in [5.74, 6) is 1.77. The minimum Gasteiger partial charge on any atom is -0.458 e. The van der Waals surface area contributed by atoms with Crippen LogP contribution >= 0.6 is 11.8 Å². The second-order valence-corrected chi connectivity index (χ2v) is 23.9. The molecule has 4 heterocycles. The van der Waals surface area contributed by atoms with Gasteiger partial charge in [0.2, 0.25) is 0 Å². The zero-order valence-electron chi connectivity index (χ0n) is 46.6. The van der Waals surface area contributed by atoms with Crippen molar-refractivity contribution in [2.45, 2.75) is 9.79 Å². The average molecular weight is 1110 g/mol. The van der Waals surface area contributed by atoms with Crippen LogP contribution in [0, 0.1) is 0 Å². The maximum absolute atomic E-state index is 7.32. The van der Waals surface area contributed by atoms with Crippen LogP contribution in [-0.4, -0.2) is 13.4 Å². The molecular formula is C78H50B2N4OS. The topological polar surface area (TPSA) is 22.2 Å². The van der Waals surface area contributed by atoms with Crippen LogP contribution in [0.25, 0.3) is 32.3 Å². The average Bonchev–Trinajstić information content (AvgIpc) is 0.985. The minimum absolute atomic E-state index is 0.127. The summed E-state index contributed by atoms with van der Waals surface area (Å²) in [7, 11) is 0. The van der Waals surface area contributed by atoms with Gasteiger partial charge in [0.25, 0.3) is 13.4 Å². The molecule has 0 fully saturated rings. The fourth-order valence-electron chi connectivity index (χ4n) is 14.2. The van der Waals surface area contributed by atoms with Crippen LogP contribution in [0.2, 0.25) is 0 Å². The van der Waals surface area contributed by atoms with Crippen LogP contribution < -0.4 is 57.1 Å². The van der Waals surface area contributed by atoms with Gasteiger partial charge in [-0.25, -0.2) is 0 Å². The number of fused-ring (bicyclic) bond motifs is 11. The molecule has 0 radical (unpaired) electrons. The Morgan fingerprint density at radius 1 is 0.267 bits per heavy atom. The first kappa shape index (κ1) is 48.8. The largest absolute Gasteiger partial charge is 0.458 e. The maximum Gasteiger partial charge on any atom is 0.253 e. The minimum atomic E-state index is -0.165. The fraction of sp³-hybridized carbons (Fsp3) is 0. The van der Waals surface area contributed by atoms with Gasteiger partial charge in [0.15, 0.2) is 0 Å². The van der Waals surface area contributed by atoms with E-state index in [1.54, 1.807) is 0 Å². The van der Waals surface area contributed by atoms with E-state index < -0.39 is 0 Å². The van der Waals surface area contributed by atoms with Crippen molar-refractivity contribution in [3.63, 3.8) is 0 Å². The van der Waals surface area contributed by atoms with E-state index in [2.05, 4.69) is 323 Å². The van der Waals surface area contributed by atoms with Crippen LogP contribution in [0.15, 0.2) is 313 Å². The van der Waals surface area contributed by atoms with Crippen molar-refractivity contribution in [1.29, 1.82) is 0 Å². The van der Waals surface area contributed by atoms with Gasteiger partial charge in [-0.3, -0.25) is 0 Å². The van der Waals surface area contributed by atoms with Crippen molar-refractivity contribution in [3.8, 4) is 11.5 Å². The number of ether oxygens (including phenoxy) is 1. The Hall–Kier alpha value is -10.7. The van der Waals surface area contributed by atoms with Gasteiger partial charge in [-0.05, 0) is 169 Å². The summed E-state index contributed by atoms with van der Waals surface area (Å²) in [6.45, 7) is -0.291. The Morgan fingerprint density at radius 2 is 0.709 bits per heavy atom. The van der Waals surface area contributed by atoms with E-state index in [1.807, 2.05) is 11.8 Å². The molecule has 4 aliphatic heterocycles. The van der Waals surface area contributed by atoms with Crippen LogP contribution in [0.3, 0.4) is 0 Å². The van der Waals surface area contributed by atoms with Gasteiger partial charge in [0.05, 0.1) is 11.4 Å². The standard InChI is InChI=1S/C78H50B2N4OS/c1-6-28-57(29-7-1)81(58-30-8-2-9-31-58)63-45-71-77-72(46-63)84(62-39-38-51-22-16-17-23-52(51)40-62)69-43-55-26-20-18-24-53(55)41-65(69)79(77)66-49-68-75(50-70(66)83(71)61-36-14-5-15-37-61)86-76-48-64(82(59-32-10-3-11-33-59)60-34-12-4-13-35-60)47-74-78(76)80(68)67-42-54-25-19-21-27-56(54)44-73(67)85-74/h1-50H. The van der Waals surface area contributed by atoms with Gasteiger partial charge < -0.3 is 24.3 Å². The smallest absolute Gasteiger partial charge is 0.253 e. The zero-order valence-corrected chi connectivity index (χ0v) is 47.4. The summed E-state index contributed by atoms with van der Waals surface area (Å²) in [5.41, 5.74) is 20.7. The van der Waals surface area contributed by atoms with Gasteiger partial charge in [0, 0.05) is 72.7 Å². The molecule has 14 aromatic carbocycles. The molecule has 0 saturated carbocycles. The summed E-state index contributed by atoms with van der Waals surface area (Å²) in [6, 6.07) is 112. The van der Waals surface area contributed by atoms with E-state index >= 15 is 0 Å². The van der Waals surface area contributed by atoms with Gasteiger partial charge in [0.1, 0.15) is 11.5 Å². The van der Waals surface area contributed by atoms with Crippen molar-refractivity contribution in [2.24, 2.45) is 0 Å². The summed E-state index contributed by atoms with van der Waals surface area (Å²) in [6.07, 6.45) is 0. The first-order valence-electron chi connectivity index (χ1n) is 29.5. The molecule has 400 valence electrons. The molecule has 18 rings (SSSR count). The van der Waals surface area contributed by atoms with E-state index in [9.17, 15) is 0 Å². The molecule has 0 N–H and O–H groups in total. The molecule has 0 spiro atoms. The van der Waals surface area contributed by atoms with Gasteiger partial charge in [-0.15, -0.1) is 0 Å². The predicted octanol–water partition coefficient (Wildman–Crippen LogP) is 17.3. The lowest BCUT2D eigenvalue weighted by molar-refractivity contribution is 0.487. The van der Waals surface area contributed by atoms with Gasteiger partial charge in [-0.2, -0.15) is 0 Å². The third-order valence-electron chi connectivity index (χ3n) is 17.9. The van der Waals surface area contributed by atoms with E-state index in [-0.39, 0.29) is 13.4 Å². The third-order valence-corrected chi connectivity index (χ3v) is 19.1. The Kier molecular flexibility index (Phi) is 11.0. The summed E-state index contributed by atoms with van der Waals surface area (Å²) in [5, 5.41) is 7.16. The third kappa shape index (κ3) is 7.69. The van der Waals surface area contributed by atoms with Gasteiger partial charge in [-0.1, -0.05) is 205 Å². The summed E-state index contributed by atoms with van der Waals surface area (Å²) in [4.78, 5) is 12.3. The highest BCUT2D eigenvalue weighted by Crippen LogP contribution is 2.51. The van der Waals surface area contributed by atoms with Crippen LogP contribution in [-0.2, 0) is 0 Å². The lowest BCUT2D eigenvalue weighted by Crippen LogP contribution is -2.64. The first-order valence-corrected chi connectivity index (χ1v) is 30.3.